The molecule has 0 amide bonds. The Labute approximate surface area is 73.7 Å². The Morgan fingerprint density at radius 1 is 1.23 bits per heavy atom. The molecule has 0 aliphatic heterocycles. The first kappa shape index (κ1) is 7.81. The summed E-state index contributed by atoms with van der Waals surface area (Å²) in [6.07, 6.45) is 3.22. The molecule has 0 aliphatic carbocycles. The molecule has 2 aromatic heterocycles. The maximum Gasteiger partial charge on any atom is 0.219 e. The van der Waals surface area contributed by atoms with Crippen molar-refractivity contribution < 1.29 is 5.11 Å². The molecular formula is C7H7N5O. The number of rotatable bonds is 2. The standard InChI is InChI=1S/C7H7N5O/c13-4-5-10-7(12-11-5)6-8-2-1-3-9-6/h1-3,13H,4H2,(H,10,11,12). The molecule has 6 heteroatoms. The molecule has 0 aromatic carbocycles. The van der Waals surface area contributed by atoms with E-state index in [4.69, 9.17) is 5.11 Å². The SMILES string of the molecule is OCc1nc(-c2ncccn2)n[nH]1. The molecule has 0 atom stereocenters. The van der Waals surface area contributed by atoms with Gasteiger partial charge in [-0.2, -0.15) is 0 Å². The monoisotopic (exact) mass is 177 g/mol. The van der Waals surface area contributed by atoms with E-state index in [9.17, 15) is 0 Å². The molecule has 0 spiro atoms. The zero-order chi connectivity index (χ0) is 9.10. The van der Waals surface area contributed by atoms with Gasteiger partial charge in [-0.05, 0) is 6.07 Å². The van der Waals surface area contributed by atoms with E-state index in [1.807, 2.05) is 0 Å². The van der Waals surface area contributed by atoms with Gasteiger partial charge in [0.1, 0.15) is 6.61 Å². The topological polar surface area (TPSA) is 87.6 Å². The van der Waals surface area contributed by atoms with Crippen LogP contribution >= 0.6 is 0 Å². The maximum absolute atomic E-state index is 8.72. The number of aromatic amines is 1. The van der Waals surface area contributed by atoms with Crippen LogP contribution in [0.25, 0.3) is 11.6 Å². The van der Waals surface area contributed by atoms with E-state index in [1.54, 1.807) is 18.5 Å². The van der Waals surface area contributed by atoms with Gasteiger partial charge in [-0.1, -0.05) is 0 Å². The van der Waals surface area contributed by atoms with Crippen LogP contribution < -0.4 is 0 Å². The summed E-state index contributed by atoms with van der Waals surface area (Å²) in [5.41, 5.74) is 0. The Hall–Kier alpha value is -1.82. The van der Waals surface area contributed by atoms with Crippen LogP contribution in [0.2, 0.25) is 0 Å². The number of nitrogens with one attached hydrogen (secondary N) is 1. The number of aliphatic hydroxyl groups excluding tert-OH is 1. The van der Waals surface area contributed by atoms with Gasteiger partial charge in [0.25, 0.3) is 0 Å². The fraction of sp³-hybridized carbons (Fsp3) is 0.143. The minimum Gasteiger partial charge on any atom is -0.388 e. The Kier molecular flexibility index (Phi) is 1.97. The average molecular weight is 177 g/mol. The quantitative estimate of drug-likeness (QED) is 0.660. The average Bonchev–Trinajstić information content (AvgIpc) is 2.67. The molecule has 6 nitrogen and oxygen atoms in total. The predicted octanol–water partition coefficient (Wildman–Crippen LogP) is -0.246. The maximum atomic E-state index is 8.72. The third-order valence-corrected chi connectivity index (χ3v) is 1.45. The molecule has 0 radical (unpaired) electrons. The first-order chi connectivity index (χ1) is 6.40. The van der Waals surface area contributed by atoms with Crippen molar-refractivity contribution in [1.29, 1.82) is 0 Å². The summed E-state index contributed by atoms with van der Waals surface area (Å²) in [5, 5.41) is 15.1. The van der Waals surface area contributed by atoms with E-state index in [0.29, 0.717) is 17.5 Å². The molecule has 0 unspecified atom stereocenters. The first-order valence-corrected chi connectivity index (χ1v) is 3.69. The highest BCUT2D eigenvalue weighted by molar-refractivity contribution is 5.40. The summed E-state index contributed by atoms with van der Waals surface area (Å²) in [6, 6.07) is 1.71. The van der Waals surface area contributed by atoms with E-state index in [0.717, 1.165) is 0 Å². The van der Waals surface area contributed by atoms with Crippen LogP contribution in [0.1, 0.15) is 5.82 Å². The van der Waals surface area contributed by atoms with E-state index in [1.165, 1.54) is 0 Å². The highest BCUT2D eigenvalue weighted by atomic mass is 16.3. The number of hydrogen-bond donors (Lipinski definition) is 2. The first-order valence-electron chi connectivity index (χ1n) is 3.69. The third-order valence-electron chi connectivity index (χ3n) is 1.45. The Bertz CT molecular complexity index is 385. The highest BCUT2D eigenvalue weighted by Gasteiger charge is 2.06. The van der Waals surface area contributed by atoms with Crippen molar-refractivity contribution in [3.63, 3.8) is 0 Å². The third kappa shape index (κ3) is 1.52. The second-order valence-corrected chi connectivity index (χ2v) is 2.34. The summed E-state index contributed by atoms with van der Waals surface area (Å²) in [5.74, 6) is 1.24. The number of aromatic nitrogens is 5. The van der Waals surface area contributed by atoms with Gasteiger partial charge < -0.3 is 5.11 Å². The van der Waals surface area contributed by atoms with E-state index >= 15 is 0 Å². The van der Waals surface area contributed by atoms with Crippen molar-refractivity contribution in [1.82, 2.24) is 25.1 Å². The summed E-state index contributed by atoms with van der Waals surface area (Å²) < 4.78 is 0. The fourth-order valence-corrected chi connectivity index (χ4v) is 0.881. The van der Waals surface area contributed by atoms with Crippen LogP contribution in [0, 0.1) is 0 Å². The number of hydrogen-bond acceptors (Lipinski definition) is 5. The lowest BCUT2D eigenvalue weighted by Crippen LogP contribution is -1.89. The Balaban J connectivity index is 2.36. The zero-order valence-electron chi connectivity index (χ0n) is 6.68. The molecule has 13 heavy (non-hydrogen) atoms. The highest BCUT2D eigenvalue weighted by Crippen LogP contribution is 2.05. The van der Waals surface area contributed by atoms with Crippen LogP contribution in [0.4, 0.5) is 0 Å². The van der Waals surface area contributed by atoms with Gasteiger partial charge in [0.2, 0.25) is 5.82 Å². The lowest BCUT2D eigenvalue weighted by Gasteiger charge is -1.89. The van der Waals surface area contributed by atoms with Gasteiger partial charge in [-0.25, -0.2) is 15.0 Å². The number of nitrogens with zero attached hydrogens (tertiary/aromatic N) is 4. The van der Waals surface area contributed by atoms with Crippen molar-refractivity contribution >= 4 is 0 Å². The lowest BCUT2D eigenvalue weighted by molar-refractivity contribution is 0.272. The van der Waals surface area contributed by atoms with E-state index in [-0.39, 0.29) is 6.61 Å². The fourth-order valence-electron chi connectivity index (χ4n) is 0.881. The molecule has 2 N–H and O–H groups in total. The predicted molar refractivity (Wildman–Crippen MR) is 43.3 cm³/mol. The van der Waals surface area contributed by atoms with Gasteiger partial charge in [0.05, 0.1) is 0 Å². The van der Waals surface area contributed by atoms with Crippen LogP contribution in [0.3, 0.4) is 0 Å². The smallest absolute Gasteiger partial charge is 0.219 e. The van der Waals surface area contributed by atoms with Crippen LogP contribution in [-0.4, -0.2) is 30.3 Å². The van der Waals surface area contributed by atoms with Gasteiger partial charge in [-0.3, -0.25) is 5.10 Å². The summed E-state index contributed by atoms with van der Waals surface area (Å²) in [4.78, 5) is 11.9. The molecule has 66 valence electrons. The van der Waals surface area contributed by atoms with Crippen LogP contribution in [0.5, 0.6) is 0 Å². The molecule has 2 rings (SSSR count). The number of aliphatic hydroxyl groups is 1. The van der Waals surface area contributed by atoms with E-state index < -0.39 is 0 Å². The molecule has 0 bridgehead atoms. The molecular weight excluding hydrogens is 170 g/mol. The Morgan fingerprint density at radius 2 is 2.00 bits per heavy atom. The van der Waals surface area contributed by atoms with Crippen LogP contribution in [-0.2, 0) is 6.61 Å². The molecule has 0 aliphatic rings. The lowest BCUT2D eigenvalue weighted by atomic mass is 10.5. The van der Waals surface area contributed by atoms with Crippen molar-refractivity contribution in [2.45, 2.75) is 6.61 Å². The minimum absolute atomic E-state index is 0.167. The molecule has 0 saturated carbocycles. The summed E-state index contributed by atoms with van der Waals surface area (Å²) in [6.45, 7) is -0.167. The number of H-pyrrole nitrogens is 1. The second kappa shape index (κ2) is 3.28. The van der Waals surface area contributed by atoms with E-state index in [2.05, 4.69) is 25.1 Å². The second-order valence-electron chi connectivity index (χ2n) is 2.34. The van der Waals surface area contributed by atoms with Crippen molar-refractivity contribution in [2.75, 3.05) is 0 Å². The normalized spacial score (nSPS) is 10.2. The van der Waals surface area contributed by atoms with Gasteiger partial charge in [0.15, 0.2) is 11.6 Å². The summed E-state index contributed by atoms with van der Waals surface area (Å²) in [7, 11) is 0. The molecule has 2 aromatic rings. The molecule has 2 heterocycles. The largest absolute Gasteiger partial charge is 0.388 e. The van der Waals surface area contributed by atoms with Gasteiger partial charge in [-0.15, -0.1) is 5.10 Å². The van der Waals surface area contributed by atoms with Gasteiger partial charge >= 0.3 is 0 Å². The van der Waals surface area contributed by atoms with Gasteiger partial charge in [0, 0.05) is 12.4 Å². The summed E-state index contributed by atoms with van der Waals surface area (Å²) >= 11 is 0. The molecule has 0 saturated heterocycles. The molecule has 0 fully saturated rings. The minimum atomic E-state index is -0.167. The van der Waals surface area contributed by atoms with Crippen molar-refractivity contribution in [2.24, 2.45) is 0 Å². The van der Waals surface area contributed by atoms with Crippen LogP contribution in [0.15, 0.2) is 18.5 Å². The zero-order valence-corrected chi connectivity index (χ0v) is 6.68. The van der Waals surface area contributed by atoms with Crippen molar-refractivity contribution in [3.05, 3.63) is 24.3 Å². The Morgan fingerprint density at radius 3 is 2.62 bits per heavy atom. The van der Waals surface area contributed by atoms with Crippen molar-refractivity contribution in [3.8, 4) is 11.6 Å².